The highest BCUT2D eigenvalue weighted by Gasteiger charge is 2.18. The van der Waals surface area contributed by atoms with Gasteiger partial charge in [0.25, 0.3) is 0 Å². The van der Waals surface area contributed by atoms with Crippen molar-refractivity contribution in [3.8, 4) is 23.6 Å². The molecule has 0 aromatic heterocycles. The van der Waals surface area contributed by atoms with Crippen molar-refractivity contribution in [3.63, 3.8) is 0 Å². The highest BCUT2D eigenvalue weighted by Crippen LogP contribution is 2.33. The molecular weight excluding hydrogens is 220 g/mol. The van der Waals surface area contributed by atoms with Crippen molar-refractivity contribution in [1.29, 1.82) is 10.5 Å². The molecule has 1 aromatic carbocycles. The summed E-state index contributed by atoms with van der Waals surface area (Å²) in [5.41, 5.74) is 0.704. The third kappa shape index (κ3) is 2.35. The van der Waals surface area contributed by atoms with Crippen LogP contribution in [-0.2, 0) is 4.79 Å². The van der Waals surface area contributed by atoms with Gasteiger partial charge in [0.2, 0.25) is 0 Å². The van der Waals surface area contributed by atoms with Crippen LogP contribution in [0.25, 0.3) is 0 Å². The predicted octanol–water partition coefficient (Wildman–Crippen LogP) is 1.67. The van der Waals surface area contributed by atoms with E-state index >= 15 is 0 Å². The van der Waals surface area contributed by atoms with E-state index in [1.54, 1.807) is 6.92 Å². The van der Waals surface area contributed by atoms with Gasteiger partial charge in [0.1, 0.15) is 29.0 Å². The number of carbonyl (C=O) groups is 1. The molecule has 1 aromatic rings. The van der Waals surface area contributed by atoms with Crippen LogP contribution in [-0.4, -0.2) is 13.1 Å². The summed E-state index contributed by atoms with van der Waals surface area (Å²) in [4.78, 5) is 10.9. The number of methoxy groups -OCH3 is 1. The van der Waals surface area contributed by atoms with Gasteiger partial charge in [-0.2, -0.15) is 10.5 Å². The van der Waals surface area contributed by atoms with Crippen LogP contribution in [0.3, 0.4) is 0 Å². The largest absolute Gasteiger partial charge is 0.495 e. The smallest absolute Gasteiger partial charge is 0.308 e. The number of ether oxygens (including phenoxy) is 2. The van der Waals surface area contributed by atoms with E-state index in [0.717, 1.165) is 0 Å². The van der Waals surface area contributed by atoms with Gasteiger partial charge in [0, 0.05) is 6.92 Å². The number of aryl methyl sites for hydroxylation is 1. The van der Waals surface area contributed by atoms with E-state index in [1.807, 2.05) is 12.1 Å². The van der Waals surface area contributed by atoms with E-state index in [4.69, 9.17) is 20.0 Å². The zero-order chi connectivity index (χ0) is 13.0. The van der Waals surface area contributed by atoms with E-state index in [0.29, 0.717) is 11.3 Å². The molecule has 0 heterocycles. The fourth-order valence-corrected chi connectivity index (χ4v) is 1.48. The Labute approximate surface area is 98.8 Å². The molecule has 0 fully saturated rings. The lowest BCUT2D eigenvalue weighted by atomic mass is 10.0. The van der Waals surface area contributed by atoms with Crippen molar-refractivity contribution in [2.24, 2.45) is 0 Å². The Morgan fingerprint density at radius 2 is 1.88 bits per heavy atom. The fourth-order valence-electron chi connectivity index (χ4n) is 1.48. The average Bonchev–Trinajstić information content (AvgIpc) is 2.27. The molecule has 5 heteroatoms. The molecule has 86 valence electrons. The minimum Gasteiger partial charge on any atom is -0.495 e. The molecule has 0 spiro atoms. The summed E-state index contributed by atoms with van der Waals surface area (Å²) in [6.07, 6.45) is 0. The molecule has 0 saturated carbocycles. The fraction of sp³-hybridized carbons (Fsp3) is 0.250. The van der Waals surface area contributed by atoms with Crippen LogP contribution >= 0.6 is 0 Å². The van der Waals surface area contributed by atoms with Gasteiger partial charge in [-0.05, 0) is 18.6 Å². The molecule has 17 heavy (non-hydrogen) atoms. The molecule has 5 nitrogen and oxygen atoms in total. The number of hydrogen-bond acceptors (Lipinski definition) is 5. The van der Waals surface area contributed by atoms with E-state index in [1.165, 1.54) is 20.1 Å². The lowest BCUT2D eigenvalue weighted by molar-refractivity contribution is -0.131. The molecule has 0 radical (unpaired) electrons. The summed E-state index contributed by atoms with van der Waals surface area (Å²) in [7, 11) is 1.41. The number of nitrogens with zero attached hydrogens (tertiary/aromatic N) is 2. The lowest BCUT2D eigenvalue weighted by Crippen LogP contribution is -2.06. The number of nitriles is 2. The Balaban J connectivity index is 3.56. The third-order valence-electron chi connectivity index (χ3n) is 2.11. The van der Waals surface area contributed by atoms with Gasteiger partial charge in [-0.25, -0.2) is 0 Å². The van der Waals surface area contributed by atoms with Crippen LogP contribution in [0, 0.1) is 29.6 Å². The summed E-state index contributed by atoms with van der Waals surface area (Å²) in [5.74, 6) is -0.148. The Morgan fingerprint density at radius 1 is 1.29 bits per heavy atom. The lowest BCUT2D eigenvalue weighted by Gasteiger charge is -2.11. The molecule has 0 atom stereocenters. The van der Waals surface area contributed by atoms with E-state index in [9.17, 15) is 4.79 Å². The Morgan fingerprint density at radius 3 is 2.29 bits per heavy atom. The molecule has 0 aliphatic carbocycles. The van der Waals surface area contributed by atoms with Crippen LogP contribution in [0.1, 0.15) is 23.6 Å². The standard InChI is InChI=1S/C12H10N2O3/c1-7-4-11(17-8(2)15)9(5-13)10(6-14)12(7)16-3/h4H,1-3H3. The summed E-state index contributed by atoms with van der Waals surface area (Å²) in [6.45, 7) is 2.93. The summed E-state index contributed by atoms with van der Waals surface area (Å²) >= 11 is 0. The van der Waals surface area contributed by atoms with Gasteiger partial charge in [-0.3, -0.25) is 4.79 Å². The van der Waals surface area contributed by atoms with Crippen molar-refractivity contribution in [1.82, 2.24) is 0 Å². The molecule has 0 aliphatic rings. The van der Waals surface area contributed by atoms with Gasteiger partial charge >= 0.3 is 5.97 Å². The zero-order valence-electron chi connectivity index (χ0n) is 9.70. The van der Waals surface area contributed by atoms with E-state index < -0.39 is 5.97 Å². The summed E-state index contributed by atoms with van der Waals surface area (Å²) < 4.78 is 9.95. The highest BCUT2D eigenvalue weighted by molar-refractivity contribution is 5.73. The van der Waals surface area contributed by atoms with Gasteiger partial charge < -0.3 is 9.47 Å². The summed E-state index contributed by atoms with van der Waals surface area (Å²) in [5, 5.41) is 18.0. The Bertz CT molecular complexity index is 550. The maximum atomic E-state index is 10.9. The molecule has 0 amide bonds. The highest BCUT2D eigenvalue weighted by atomic mass is 16.5. The monoisotopic (exact) mass is 230 g/mol. The second kappa shape index (κ2) is 5.00. The topological polar surface area (TPSA) is 83.1 Å². The second-order valence-corrected chi connectivity index (χ2v) is 3.29. The molecule has 0 aliphatic heterocycles. The Hall–Kier alpha value is -2.53. The van der Waals surface area contributed by atoms with E-state index in [2.05, 4.69) is 0 Å². The van der Waals surface area contributed by atoms with Crippen molar-refractivity contribution in [2.45, 2.75) is 13.8 Å². The van der Waals surface area contributed by atoms with Gasteiger partial charge in [-0.15, -0.1) is 0 Å². The van der Waals surface area contributed by atoms with Gasteiger partial charge in [0.15, 0.2) is 5.75 Å². The van der Waals surface area contributed by atoms with Crippen molar-refractivity contribution in [3.05, 3.63) is 22.8 Å². The first-order valence-corrected chi connectivity index (χ1v) is 4.75. The van der Waals surface area contributed by atoms with Crippen LogP contribution in [0.15, 0.2) is 6.07 Å². The number of carbonyl (C=O) groups excluding carboxylic acids is 1. The molecule has 1 rings (SSSR count). The Kier molecular flexibility index (Phi) is 3.69. The van der Waals surface area contributed by atoms with Gasteiger partial charge in [-0.1, -0.05) is 0 Å². The number of hydrogen-bond donors (Lipinski definition) is 0. The normalized spacial score (nSPS) is 9.00. The second-order valence-electron chi connectivity index (χ2n) is 3.29. The maximum Gasteiger partial charge on any atom is 0.308 e. The van der Waals surface area contributed by atoms with Crippen LogP contribution in [0.2, 0.25) is 0 Å². The molecule has 0 unspecified atom stereocenters. The minimum atomic E-state index is -0.546. The first-order valence-electron chi connectivity index (χ1n) is 4.75. The SMILES string of the molecule is COc1c(C)cc(OC(C)=O)c(C#N)c1C#N. The van der Waals surface area contributed by atoms with E-state index in [-0.39, 0.29) is 16.9 Å². The molecular formula is C12H10N2O3. The van der Waals surface area contributed by atoms with Crippen LogP contribution in [0.4, 0.5) is 0 Å². The number of benzene rings is 1. The molecule has 0 N–H and O–H groups in total. The average molecular weight is 230 g/mol. The minimum absolute atomic E-state index is 0.00477. The van der Waals surface area contributed by atoms with Crippen molar-refractivity contribution >= 4 is 5.97 Å². The predicted molar refractivity (Wildman–Crippen MR) is 58.5 cm³/mol. The number of rotatable bonds is 2. The quantitative estimate of drug-likeness (QED) is 0.570. The van der Waals surface area contributed by atoms with Crippen molar-refractivity contribution in [2.75, 3.05) is 7.11 Å². The van der Waals surface area contributed by atoms with Crippen LogP contribution < -0.4 is 9.47 Å². The maximum absolute atomic E-state index is 10.9. The van der Waals surface area contributed by atoms with Gasteiger partial charge in [0.05, 0.1) is 7.11 Å². The third-order valence-corrected chi connectivity index (χ3v) is 2.11. The van der Waals surface area contributed by atoms with Crippen molar-refractivity contribution < 1.29 is 14.3 Å². The molecule has 0 bridgehead atoms. The zero-order valence-corrected chi connectivity index (χ0v) is 9.70. The molecule has 0 saturated heterocycles. The first-order chi connectivity index (χ1) is 8.04. The first kappa shape index (κ1) is 12.5. The number of esters is 1. The summed E-state index contributed by atoms with van der Waals surface area (Å²) in [6, 6.07) is 5.22. The van der Waals surface area contributed by atoms with Crippen LogP contribution in [0.5, 0.6) is 11.5 Å².